The lowest BCUT2D eigenvalue weighted by molar-refractivity contribution is -0.133. The van der Waals surface area contributed by atoms with Crippen LogP contribution in [0.3, 0.4) is 0 Å². The van der Waals surface area contributed by atoms with E-state index in [-0.39, 0.29) is 24.3 Å². The molecule has 1 saturated carbocycles. The zero-order valence-corrected chi connectivity index (χ0v) is 19.0. The van der Waals surface area contributed by atoms with Crippen LogP contribution in [0.5, 0.6) is 0 Å². The number of hydrogen-bond acceptors (Lipinski definition) is 4. The highest BCUT2D eigenvalue weighted by Crippen LogP contribution is 2.42. The molecule has 2 fully saturated rings. The smallest absolute Gasteiger partial charge is 0.244 e. The second kappa shape index (κ2) is 9.53. The minimum atomic E-state index is -0.426. The van der Waals surface area contributed by atoms with Crippen molar-refractivity contribution >= 4 is 17.5 Å². The van der Waals surface area contributed by atoms with Crippen molar-refractivity contribution < 1.29 is 14.4 Å². The summed E-state index contributed by atoms with van der Waals surface area (Å²) >= 11 is 0. The lowest BCUT2D eigenvalue weighted by atomic mass is 9.86. The number of likely N-dealkylation sites (tertiary alicyclic amines) is 1. The summed E-state index contributed by atoms with van der Waals surface area (Å²) in [5, 5.41) is 0. The number of anilines is 1. The van der Waals surface area contributed by atoms with Gasteiger partial charge < -0.3 is 9.80 Å². The molecule has 1 aromatic rings. The molecule has 6 heteroatoms. The normalized spacial score (nSPS) is 24.9. The van der Waals surface area contributed by atoms with Gasteiger partial charge in [-0.1, -0.05) is 29.3 Å². The van der Waals surface area contributed by atoms with Crippen LogP contribution in [-0.4, -0.2) is 49.0 Å². The summed E-state index contributed by atoms with van der Waals surface area (Å²) in [4.78, 5) is 34.8. The lowest BCUT2D eigenvalue weighted by Crippen LogP contribution is -2.50. The van der Waals surface area contributed by atoms with Crippen molar-refractivity contribution in [3.63, 3.8) is 0 Å². The van der Waals surface area contributed by atoms with Crippen LogP contribution in [0.15, 0.2) is 35.4 Å². The largest absolute Gasteiger partial charge is 0.308 e. The zero-order valence-electron chi connectivity index (χ0n) is 19.0. The number of hydrogen-bond donors (Lipinski definition) is 1. The summed E-state index contributed by atoms with van der Waals surface area (Å²) in [5.41, 5.74) is 7.43. The molecule has 4 rings (SSSR count). The number of hydroxylamine groups is 1. The van der Waals surface area contributed by atoms with E-state index in [2.05, 4.69) is 24.2 Å². The fourth-order valence-corrected chi connectivity index (χ4v) is 5.66. The van der Waals surface area contributed by atoms with Gasteiger partial charge in [-0.15, -0.1) is 0 Å². The highest BCUT2D eigenvalue weighted by atomic mass is 16.6. The number of nitrogens with one attached hydrogen (secondary N) is 1. The van der Waals surface area contributed by atoms with Crippen LogP contribution in [0.4, 0.5) is 5.69 Å². The molecular formula is C25H35N3O3. The third-order valence-electron chi connectivity index (χ3n) is 7.36. The SMILES string of the molecule is CONC(=O)CC1C(=O)N(C2CCN(C3CCC(=C(C)C)CC3)CC2)c2ccccc21. The molecule has 31 heavy (non-hydrogen) atoms. The monoisotopic (exact) mass is 425 g/mol. The van der Waals surface area contributed by atoms with Gasteiger partial charge in [0.2, 0.25) is 11.8 Å². The van der Waals surface area contributed by atoms with Gasteiger partial charge in [0.05, 0.1) is 13.0 Å². The standard InChI is InChI=1S/C25H35N3O3/c1-17(2)18-8-10-19(11-9-18)27-14-12-20(13-15-27)28-23-7-5-4-6-21(23)22(25(28)30)16-24(29)26-31-3/h4-7,19-20,22H,8-16H2,1-3H3,(H,26,29). The van der Waals surface area contributed by atoms with E-state index >= 15 is 0 Å². The van der Waals surface area contributed by atoms with Crippen molar-refractivity contribution in [2.45, 2.75) is 76.8 Å². The molecule has 0 bridgehead atoms. The number of rotatable bonds is 5. The summed E-state index contributed by atoms with van der Waals surface area (Å²) in [6.45, 7) is 6.55. The third-order valence-corrected chi connectivity index (χ3v) is 7.36. The molecule has 0 aromatic heterocycles. The quantitative estimate of drug-likeness (QED) is 0.574. The zero-order chi connectivity index (χ0) is 22.0. The van der Waals surface area contributed by atoms with E-state index in [4.69, 9.17) is 4.84 Å². The van der Waals surface area contributed by atoms with Gasteiger partial charge in [0.15, 0.2) is 0 Å². The van der Waals surface area contributed by atoms with Gasteiger partial charge in [0.25, 0.3) is 0 Å². The first-order valence-corrected chi connectivity index (χ1v) is 11.6. The molecule has 1 N–H and O–H groups in total. The number of carbonyl (C=O) groups is 2. The van der Waals surface area contributed by atoms with E-state index in [1.807, 2.05) is 29.2 Å². The van der Waals surface area contributed by atoms with Gasteiger partial charge in [0, 0.05) is 37.3 Å². The van der Waals surface area contributed by atoms with Crippen molar-refractivity contribution in [3.8, 4) is 0 Å². The minimum absolute atomic E-state index is 0.0526. The van der Waals surface area contributed by atoms with Crippen LogP contribution in [0.2, 0.25) is 0 Å². The van der Waals surface area contributed by atoms with Crippen LogP contribution < -0.4 is 10.4 Å². The van der Waals surface area contributed by atoms with E-state index in [9.17, 15) is 9.59 Å². The molecule has 2 aliphatic heterocycles. The maximum Gasteiger partial charge on any atom is 0.244 e. The summed E-state index contributed by atoms with van der Waals surface area (Å²) in [5.74, 6) is -0.637. The molecule has 1 aliphatic carbocycles. The van der Waals surface area contributed by atoms with Gasteiger partial charge in [-0.25, -0.2) is 5.48 Å². The van der Waals surface area contributed by atoms with E-state index in [1.54, 1.807) is 5.57 Å². The molecule has 0 spiro atoms. The molecule has 168 valence electrons. The molecule has 0 radical (unpaired) electrons. The van der Waals surface area contributed by atoms with Crippen molar-refractivity contribution in [3.05, 3.63) is 41.0 Å². The maximum absolute atomic E-state index is 13.4. The average Bonchev–Trinajstić information content (AvgIpc) is 3.05. The number of fused-ring (bicyclic) bond motifs is 1. The Morgan fingerprint density at radius 1 is 1.06 bits per heavy atom. The van der Waals surface area contributed by atoms with Crippen LogP contribution >= 0.6 is 0 Å². The van der Waals surface area contributed by atoms with Crippen LogP contribution in [0.1, 0.15) is 70.3 Å². The fraction of sp³-hybridized carbons (Fsp3) is 0.600. The number of allylic oxidation sites excluding steroid dienone is 2. The van der Waals surface area contributed by atoms with E-state index in [1.165, 1.54) is 38.4 Å². The Balaban J connectivity index is 1.41. The predicted octanol–water partition coefficient (Wildman–Crippen LogP) is 3.93. The molecule has 1 aromatic carbocycles. The van der Waals surface area contributed by atoms with Gasteiger partial charge in [-0.05, 0) is 64.0 Å². The Labute approximate surface area is 185 Å². The Morgan fingerprint density at radius 2 is 1.74 bits per heavy atom. The highest BCUT2D eigenvalue weighted by Gasteiger charge is 2.42. The fourth-order valence-electron chi connectivity index (χ4n) is 5.66. The van der Waals surface area contributed by atoms with E-state index in [0.29, 0.717) is 6.04 Å². The molecule has 1 atom stereocenters. The Morgan fingerprint density at radius 3 is 2.39 bits per heavy atom. The first kappa shape index (κ1) is 22.0. The first-order valence-electron chi connectivity index (χ1n) is 11.6. The van der Waals surface area contributed by atoms with Crippen molar-refractivity contribution in [2.75, 3.05) is 25.1 Å². The summed E-state index contributed by atoms with van der Waals surface area (Å²) in [7, 11) is 1.41. The third kappa shape index (κ3) is 4.55. The number of amides is 2. The van der Waals surface area contributed by atoms with Gasteiger partial charge in [0.1, 0.15) is 0 Å². The summed E-state index contributed by atoms with van der Waals surface area (Å²) in [6, 6.07) is 8.82. The van der Waals surface area contributed by atoms with Crippen molar-refractivity contribution in [1.82, 2.24) is 10.4 Å². The molecular weight excluding hydrogens is 390 g/mol. The molecule has 1 saturated heterocycles. The van der Waals surface area contributed by atoms with Crippen molar-refractivity contribution in [2.24, 2.45) is 0 Å². The highest BCUT2D eigenvalue weighted by molar-refractivity contribution is 6.07. The van der Waals surface area contributed by atoms with Gasteiger partial charge >= 0.3 is 0 Å². The number of benzene rings is 1. The van der Waals surface area contributed by atoms with E-state index in [0.717, 1.165) is 37.2 Å². The minimum Gasteiger partial charge on any atom is -0.308 e. The number of carbonyl (C=O) groups excluding carboxylic acids is 2. The van der Waals surface area contributed by atoms with E-state index < -0.39 is 5.92 Å². The topological polar surface area (TPSA) is 61.9 Å². The van der Waals surface area contributed by atoms with Crippen molar-refractivity contribution in [1.29, 1.82) is 0 Å². The second-order valence-corrected chi connectivity index (χ2v) is 9.35. The lowest BCUT2D eigenvalue weighted by Gasteiger charge is -2.42. The van der Waals surface area contributed by atoms with Crippen LogP contribution in [0.25, 0.3) is 0 Å². The molecule has 6 nitrogen and oxygen atoms in total. The molecule has 2 heterocycles. The molecule has 2 amide bonds. The first-order chi connectivity index (χ1) is 15.0. The molecule has 3 aliphatic rings. The second-order valence-electron chi connectivity index (χ2n) is 9.35. The Hall–Kier alpha value is -2.18. The maximum atomic E-state index is 13.4. The number of piperidine rings is 1. The Kier molecular flexibility index (Phi) is 6.77. The average molecular weight is 426 g/mol. The number of para-hydroxylation sites is 1. The van der Waals surface area contributed by atoms with Gasteiger partial charge in [-0.3, -0.25) is 14.4 Å². The predicted molar refractivity (Wildman–Crippen MR) is 122 cm³/mol. The Bertz CT molecular complexity index is 843. The summed E-state index contributed by atoms with van der Waals surface area (Å²) in [6.07, 6.45) is 7.08. The number of nitrogens with zero attached hydrogens (tertiary/aromatic N) is 2. The van der Waals surface area contributed by atoms with Gasteiger partial charge in [-0.2, -0.15) is 0 Å². The molecule has 1 unspecified atom stereocenters. The van der Waals surface area contributed by atoms with Crippen LogP contribution in [0, 0.1) is 0 Å². The summed E-state index contributed by atoms with van der Waals surface area (Å²) < 4.78 is 0. The van der Waals surface area contributed by atoms with Crippen LogP contribution in [-0.2, 0) is 14.4 Å².